The van der Waals surface area contributed by atoms with Crippen molar-refractivity contribution in [1.29, 1.82) is 0 Å². The van der Waals surface area contributed by atoms with Crippen LogP contribution >= 0.6 is 15.9 Å². The first-order chi connectivity index (χ1) is 7.34. The fourth-order valence-electron chi connectivity index (χ4n) is 1.26. The number of nitrogens with one attached hydrogen (secondary N) is 1. The Balaban J connectivity index is 2.93. The standard InChI is InChI=1S/C12H17BrN2O/c1-4-8-7-9(13)5-6-10(8)15-11(16)12(2,3)14/h5-7H,4,14H2,1-3H3,(H,15,16). The second-order valence-corrected chi connectivity index (χ2v) is 5.25. The highest BCUT2D eigenvalue weighted by molar-refractivity contribution is 9.10. The third-order valence-electron chi connectivity index (χ3n) is 2.28. The molecule has 0 spiro atoms. The first-order valence-electron chi connectivity index (χ1n) is 5.23. The Morgan fingerprint density at radius 2 is 2.12 bits per heavy atom. The van der Waals surface area contributed by atoms with Gasteiger partial charge in [0.2, 0.25) is 5.91 Å². The van der Waals surface area contributed by atoms with Crippen LogP contribution in [0.4, 0.5) is 5.69 Å². The molecule has 3 nitrogen and oxygen atoms in total. The van der Waals surface area contributed by atoms with Gasteiger partial charge in [-0.25, -0.2) is 0 Å². The Morgan fingerprint density at radius 1 is 1.50 bits per heavy atom. The highest BCUT2D eigenvalue weighted by Crippen LogP contribution is 2.22. The molecule has 3 N–H and O–H groups in total. The predicted molar refractivity (Wildman–Crippen MR) is 70.4 cm³/mol. The lowest BCUT2D eigenvalue weighted by Gasteiger charge is -2.19. The summed E-state index contributed by atoms with van der Waals surface area (Å²) >= 11 is 3.41. The molecule has 16 heavy (non-hydrogen) atoms. The van der Waals surface area contributed by atoms with E-state index in [0.717, 1.165) is 22.1 Å². The number of rotatable bonds is 3. The van der Waals surface area contributed by atoms with Gasteiger partial charge < -0.3 is 11.1 Å². The van der Waals surface area contributed by atoms with Crippen LogP contribution in [0.25, 0.3) is 0 Å². The molecule has 0 heterocycles. The molecule has 1 rings (SSSR count). The largest absolute Gasteiger partial charge is 0.324 e. The maximum atomic E-state index is 11.7. The van der Waals surface area contributed by atoms with Crippen molar-refractivity contribution in [2.75, 3.05) is 5.32 Å². The van der Waals surface area contributed by atoms with Crippen molar-refractivity contribution in [2.24, 2.45) is 5.73 Å². The average Bonchev–Trinajstić information content (AvgIpc) is 2.19. The molecule has 4 heteroatoms. The molecule has 0 atom stereocenters. The minimum Gasteiger partial charge on any atom is -0.324 e. The molecule has 88 valence electrons. The SMILES string of the molecule is CCc1cc(Br)ccc1NC(=O)C(C)(C)N. The minimum absolute atomic E-state index is 0.176. The van der Waals surface area contributed by atoms with Crippen molar-refractivity contribution in [1.82, 2.24) is 0 Å². The van der Waals surface area contributed by atoms with Crippen molar-refractivity contribution in [3.63, 3.8) is 0 Å². The lowest BCUT2D eigenvalue weighted by Crippen LogP contribution is -2.45. The number of carbonyl (C=O) groups excluding carboxylic acids is 1. The van der Waals surface area contributed by atoms with Crippen LogP contribution in [0.3, 0.4) is 0 Å². The van der Waals surface area contributed by atoms with Crippen molar-refractivity contribution >= 4 is 27.5 Å². The number of amides is 1. The van der Waals surface area contributed by atoms with E-state index in [1.54, 1.807) is 13.8 Å². The summed E-state index contributed by atoms with van der Waals surface area (Å²) in [4.78, 5) is 11.7. The van der Waals surface area contributed by atoms with E-state index in [1.165, 1.54) is 0 Å². The molecule has 0 saturated carbocycles. The molecule has 0 aromatic heterocycles. The van der Waals surface area contributed by atoms with Gasteiger partial charge in [-0.05, 0) is 44.0 Å². The highest BCUT2D eigenvalue weighted by Gasteiger charge is 2.22. The van der Waals surface area contributed by atoms with Crippen LogP contribution in [-0.4, -0.2) is 11.4 Å². The maximum absolute atomic E-state index is 11.7. The first kappa shape index (κ1) is 13.2. The van der Waals surface area contributed by atoms with Crippen molar-refractivity contribution in [3.05, 3.63) is 28.2 Å². The average molecular weight is 285 g/mol. The fraction of sp³-hybridized carbons (Fsp3) is 0.417. The third kappa shape index (κ3) is 3.32. The molecule has 0 unspecified atom stereocenters. The maximum Gasteiger partial charge on any atom is 0.243 e. The van der Waals surface area contributed by atoms with Gasteiger partial charge in [0.05, 0.1) is 5.54 Å². The van der Waals surface area contributed by atoms with E-state index in [4.69, 9.17) is 5.73 Å². The number of carbonyl (C=O) groups is 1. The van der Waals surface area contributed by atoms with Crippen LogP contribution in [-0.2, 0) is 11.2 Å². The van der Waals surface area contributed by atoms with Gasteiger partial charge in [-0.15, -0.1) is 0 Å². The molecule has 0 aliphatic carbocycles. The van der Waals surface area contributed by atoms with Crippen molar-refractivity contribution < 1.29 is 4.79 Å². The third-order valence-corrected chi connectivity index (χ3v) is 2.77. The van der Waals surface area contributed by atoms with E-state index in [9.17, 15) is 4.79 Å². The molecule has 0 saturated heterocycles. The smallest absolute Gasteiger partial charge is 0.243 e. The van der Waals surface area contributed by atoms with Crippen LogP contribution < -0.4 is 11.1 Å². The summed E-state index contributed by atoms with van der Waals surface area (Å²) in [7, 11) is 0. The Labute approximate surface area is 105 Å². The van der Waals surface area contributed by atoms with Gasteiger partial charge in [0.15, 0.2) is 0 Å². The fourth-order valence-corrected chi connectivity index (χ4v) is 1.67. The molecular formula is C12H17BrN2O. The van der Waals surface area contributed by atoms with E-state index >= 15 is 0 Å². The number of hydrogen-bond donors (Lipinski definition) is 2. The van der Waals surface area contributed by atoms with Gasteiger partial charge in [-0.3, -0.25) is 4.79 Å². The lowest BCUT2D eigenvalue weighted by atomic mass is 10.1. The number of benzene rings is 1. The monoisotopic (exact) mass is 284 g/mol. The molecule has 0 fully saturated rings. The van der Waals surface area contributed by atoms with E-state index in [0.29, 0.717) is 0 Å². The van der Waals surface area contributed by atoms with Crippen LogP contribution in [0, 0.1) is 0 Å². The molecule has 0 radical (unpaired) electrons. The number of anilines is 1. The molecule has 1 aromatic carbocycles. The zero-order chi connectivity index (χ0) is 12.3. The second kappa shape index (κ2) is 4.97. The minimum atomic E-state index is -0.863. The topological polar surface area (TPSA) is 55.1 Å². The van der Waals surface area contributed by atoms with Crippen LogP contribution in [0.1, 0.15) is 26.3 Å². The van der Waals surface area contributed by atoms with E-state index in [2.05, 4.69) is 21.2 Å². The molecule has 1 aromatic rings. The highest BCUT2D eigenvalue weighted by atomic mass is 79.9. The summed E-state index contributed by atoms with van der Waals surface area (Å²) < 4.78 is 1.01. The summed E-state index contributed by atoms with van der Waals surface area (Å²) in [5, 5.41) is 2.84. The molecule has 0 bridgehead atoms. The molecule has 0 aliphatic rings. The summed E-state index contributed by atoms with van der Waals surface area (Å²) in [5.41, 5.74) is 6.78. The van der Waals surface area contributed by atoms with Crippen LogP contribution in [0.2, 0.25) is 0 Å². The number of aryl methyl sites for hydroxylation is 1. The number of nitrogens with two attached hydrogens (primary N) is 1. The van der Waals surface area contributed by atoms with Gasteiger partial charge in [-0.2, -0.15) is 0 Å². The molecular weight excluding hydrogens is 268 g/mol. The summed E-state index contributed by atoms with van der Waals surface area (Å²) in [6.45, 7) is 5.42. The Morgan fingerprint density at radius 3 is 2.62 bits per heavy atom. The lowest BCUT2D eigenvalue weighted by molar-refractivity contribution is -0.120. The van der Waals surface area contributed by atoms with Gasteiger partial charge in [-0.1, -0.05) is 22.9 Å². The van der Waals surface area contributed by atoms with Crippen LogP contribution in [0.15, 0.2) is 22.7 Å². The van der Waals surface area contributed by atoms with E-state index < -0.39 is 5.54 Å². The molecule has 0 aliphatic heterocycles. The second-order valence-electron chi connectivity index (χ2n) is 4.33. The van der Waals surface area contributed by atoms with E-state index in [1.807, 2.05) is 25.1 Å². The zero-order valence-electron chi connectivity index (χ0n) is 9.80. The number of halogens is 1. The van der Waals surface area contributed by atoms with Gasteiger partial charge in [0.1, 0.15) is 0 Å². The van der Waals surface area contributed by atoms with E-state index in [-0.39, 0.29) is 5.91 Å². The van der Waals surface area contributed by atoms with Gasteiger partial charge in [0, 0.05) is 10.2 Å². The normalized spacial score (nSPS) is 11.3. The Bertz CT molecular complexity index is 396. The summed E-state index contributed by atoms with van der Waals surface area (Å²) in [5.74, 6) is -0.176. The Kier molecular flexibility index (Phi) is 4.10. The summed E-state index contributed by atoms with van der Waals surface area (Å²) in [6, 6.07) is 5.78. The zero-order valence-corrected chi connectivity index (χ0v) is 11.4. The van der Waals surface area contributed by atoms with Gasteiger partial charge in [0.25, 0.3) is 0 Å². The molecule has 1 amide bonds. The van der Waals surface area contributed by atoms with Gasteiger partial charge >= 0.3 is 0 Å². The predicted octanol–water partition coefficient (Wildman–Crippen LogP) is 2.69. The van der Waals surface area contributed by atoms with Crippen molar-refractivity contribution in [2.45, 2.75) is 32.7 Å². The summed E-state index contributed by atoms with van der Waals surface area (Å²) in [6.07, 6.45) is 0.861. The van der Waals surface area contributed by atoms with Crippen LogP contribution in [0.5, 0.6) is 0 Å². The Hall–Kier alpha value is -0.870. The number of hydrogen-bond acceptors (Lipinski definition) is 2. The van der Waals surface area contributed by atoms with Crippen molar-refractivity contribution in [3.8, 4) is 0 Å². The first-order valence-corrected chi connectivity index (χ1v) is 6.02. The quantitative estimate of drug-likeness (QED) is 0.897.